The molecule has 2 aromatic rings. The molecule has 4 rings (SSSR count). The maximum Gasteiger partial charge on any atom is 0.258 e. The molecule has 2 aliphatic rings. The van der Waals surface area contributed by atoms with Crippen LogP contribution < -0.4 is 9.80 Å². The molecule has 2 heterocycles. The largest absolute Gasteiger partial charge is 0.370 e. The molecule has 0 aromatic heterocycles. The highest BCUT2D eigenvalue weighted by atomic mass is 16.2. The number of unbranched alkanes of at least 4 members (excludes halogenated alkanes) is 1. The van der Waals surface area contributed by atoms with Crippen LogP contribution in [0.5, 0.6) is 0 Å². The first-order valence-corrected chi connectivity index (χ1v) is 10.5. The highest BCUT2D eigenvalue weighted by Gasteiger charge is 2.30. The summed E-state index contributed by atoms with van der Waals surface area (Å²) in [5, 5.41) is 2.39. The van der Waals surface area contributed by atoms with Gasteiger partial charge in [0.2, 0.25) is 0 Å². The summed E-state index contributed by atoms with van der Waals surface area (Å²) in [5.41, 5.74) is 3.26. The molecule has 1 fully saturated rings. The van der Waals surface area contributed by atoms with Crippen molar-refractivity contribution >= 4 is 28.1 Å². The maximum absolute atomic E-state index is 12.9. The minimum atomic E-state index is 0.169. The van der Waals surface area contributed by atoms with E-state index in [1.165, 1.54) is 24.0 Å². The molecular formula is C23H31N3O. The average Bonchev–Trinajstić information content (AvgIpc) is 2.83. The fraction of sp³-hybridized carbons (Fsp3) is 0.522. The van der Waals surface area contributed by atoms with Crippen molar-refractivity contribution in [2.24, 2.45) is 0 Å². The predicted molar refractivity (Wildman–Crippen MR) is 114 cm³/mol. The molecule has 0 radical (unpaired) electrons. The van der Waals surface area contributed by atoms with Gasteiger partial charge >= 0.3 is 0 Å². The van der Waals surface area contributed by atoms with E-state index in [-0.39, 0.29) is 5.91 Å². The molecule has 2 aromatic carbocycles. The topological polar surface area (TPSA) is 26.8 Å². The van der Waals surface area contributed by atoms with E-state index in [4.69, 9.17) is 0 Å². The van der Waals surface area contributed by atoms with Gasteiger partial charge in [0.25, 0.3) is 5.91 Å². The molecule has 0 unspecified atom stereocenters. The lowest BCUT2D eigenvalue weighted by Crippen LogP contribution is -2.35. The number of nitrogens with zero attached hydrogens (tertiary/aromatic N) is 3. The van der Waals surface area contributed by atoms with Crippen molar-refractivity contribution in [1.29, 1.82) is 0 Å². The third-order valence-corrected chi connectivity index (χ3v) is 6.10. The highest BCUT2D eigenvalue weighted by Crippen LogP contribution is 2.42. The van der Waals surface area contributed by atoms with Crippen molar-refractivity contribution < 1.29 is 4.79 Å². The van der Waals surface area contributed by atoms with Crippen molar-refractivity contribution in [3.05, 3.63) is 35.9 Å². The van der Waals surface area contributed by atoms with Crippen LogP contribution in [0.15, 0.2) is 30.3 Å². The summed E-state index contributed by atoms with van der Waals surface area (Å²) in [6.45, 7) is 11.9. The van der Waals surface area contributed by atoms with Crippen LogP contribution in [0, 0.1) is 0 Å². The van der Waals surface area contributed by atoms with Gasteiger partial charge in [-0.05, 0) is 44.9 Å². The van der Waals surface area contributed by atoms with Crippen LogP contribution in [0.3, 0.4) is 0 Å². The van der Waals surface area contributed by atoms with Crippen LogP contribution in [0.4, 0.5) is 11.4 Å². The zero-order valence-corrected chi connectivity index (χ0v) is 16.9. The van der Waals surface area contributed by atoms with Crippen LogP contribution in [0.2, 0.25) is 0 Å². The average molecular weight is 366 g/mol. The maximum atomic E-state index is 12.9. The summed E-state index contributed by atoms with van der Waals surface area (Å²) < 4.78 is 0. The fourth-order valence-corrected chi connectivity index (χ4v) is 4.54. The fourth-order valence-electron chi connectivity index (χ4n) is 4.54. The van der Waals surface area contributed by atoms with Gasteiger partial charge < -0.3 is 9.80 Å². The Morgan fingerprint density at radius 1 is 1.00 bits per heavy atom. The van der Waals surface area contributed by atoms with E-state index in [0.717, 1.165) is 55.7 Å². The van der Waals surface area contributed by atoms with E-state index in [9.17, 15) is 4.79 Å². The standard InChI is InChI=1S/C23H31N3O/c1-4-5-14-26-21-11-10-20(18-8-6-9-19(22(18)21)23(26)27)25-13-7-12-24(15-16-25)17(2)3/h6,8-11,17H,4-5,7,12-16H2,1-3H3. The van der Waals surface area contributed by atoms with Crippen LogP contribution >= 0.6 is 0 Å². The molecule has 0 spiro atoms. The van der Waals surface area contributed by atoms with Gasteiger partial charge in [-0.2, -0.15) is 0 Å². The monoisotopic (exact) mass is 365 g/mol. The van der Waals surface area contributed by atoms with E-state index in [0.29, 0.717) is 6.04 Å². The van der Waals surface area contributed by atoms with Crippen molar-refractivity contribution in [2.75, 3.05) is 42.5 Å². The second kappa shape index (κ2) is 7.51. The van der Waals surface area contributed by atoms with Gasteiger partial charge in [-0.3, -0.25) is 9.69 Å². The first-order chi connectivity index (χ1) is 13.1. The van der Waals surface area contributed by atoms with Crippen LogP contribution in [-0.2, 0) is 0 Å². The number of anilines is 2. The van der Waals surface area contributed by atoms with E-state index in [1.54, 1.807) is 0 Å². The summed E-state index contributed by atoms with van der Waals surface area (Å²) >= 11 is 0. The Morgan fingerprint density at radius 2 is 1.81 bits per heavy atom. The van der Waals surface area contributed by atoms with Crippen molar-refractivity contribution in [3.63, 3.8) is 0 Å². The van der Waals surface area contributed by atoms with Crippen LogP contribution in [0.25, 0.3) is 10.8 Å². The molecule has 1 amide bonds. The molecule has 4 nitrogen and oxygen atoms in total. The summed E-state index contributed by atoms with van der Waals surface area (Å²) in [5.74, 6) is 0.169. The number of hydrogen-bond donors (Lipinski definition) is 0. The number of carbonyl (C=O) groups excluding carboxylic acids is 1. The second-order valence-corrected chi connectivity index (χ2v) is 8.11. The van der Waals surface area contributed by atoms with Crippen molar-refractivity contribution in [1.82, 2.24) is 4.90 Å². The van der Waals surface area contributed by atoms with Crippen molar-refractivity contribution in [2.45, 2.75) is 46.1 Å². The summed E-state index contributed by atoms with van der Waals surface area (Å²) in [7, 11) is 0. The second-order valence-electron chi connectivity index (χ2n) is 8.11. The van der Waals surface area contributed by atoms with Gasteiger partial charge in [0.15, 0.2) is 0 Å². The minimum absolute atomic E-state index is 0.169. The Hall–Kier alpha value is -2.07. The van der Waals surface area contributed by atoms with Gasteiger partial charge in [-0.25, -0.2) is 0 Å². The molecule has 0 atom stereocenters. The molecule has 0 N–H and O–H groups in total. The van der Waals surface area contributed by atoms with Gasteiger partial charge in [0.1, 0.15) is 0 Å². The molecule has 0 saturated carbocycles. The quantitative estimate of drug-likeness (QED) is 0.779. The Morgan fingerprint density at radius 3 is 2.59 bits per heavy atom. The SMILES string of the molecule is CCCCN1C(=O)c2cccc3c(N4CCCN(C(C)C)CC4)ccc1c23. The van der Waals surface area contributed by atoms with E-state index < -0.39 is 0 Å². The van der Waals surface area contributed by atoms with Crippen molar-refractivity contribution in [3.8, 4) is 0 Å². The Kier molecular flexibility index (Phi) is 5.09. The van der Waals surface area contributed by atoms with Gasteiger partial charge in [0, 0.05) is 60.8 Å². The third-order valence-electron chi connectivity index (χ3n) is 6.10. The van der Waals surface area contributed by atoms with Crippen LogP contribution in [0.1, 0.15) is 50.4 Å². The molecule has 27 heavy (non-hydrogen) atoms. The lowest BCUT2D eigenvalue weighted by Gasteiger charge is -2.27. The van der Waals surface area contributed by atoms with E-state index in [1.807, 2.05) is 17.0 Å². The van der Waals surface area contributed by atoms with E-state index in [2.05, 4.69) is 48.8 Å². The number of benzene rings is 2. The molecule has 0 aliphatic carbocycles. The molecule has 0 bridgehead atoms. The lowest BCUT2D eigenvalue weighted by atomic mass is 10.0. The van der Waals surface area contributed by atoms with Gasteiger partial charge in [0.05, 0.1) is 5.69 Å². The number of amides is 1. The Labute approximate surface area is 162 Å². The van der Waals surface area contributed by atoms with E-state index >= 15 is 0 Å². The number of hydrogen-bond acceptors (Lipinski definition) is 3. The lowest BCUT2D eigenvalue weighted by molar-refractivity contribution is 0.0993. The number of carbonyl (C=O) groups is 1. The number of rotatable bonds is 5. The Bertz CT molecular complexity index is 845. The zero-order valence-electron chi connectivity index (χ0n) is 16.9. The normalized spacial score (nSPS) is 18.0. The summed E-state index contributed by atoms with van der Waals surface area (Å²) in [6, 6.07) is 11.2. The Balaban J connectivity index is 1.71. The highest BCUT2D eigenvalue weighted by molar-refractivity contribution is 6.26. The zero-order chi connectivity index (χ0) is 19.0. The van der Waals surface area contributed by atoms with Gasteiger partial charge in [-0.1, -0.05) is 25.5 Å². The smallest absolute Gasteiger partial charge is 0.258 e. The first kappa shape index (κ1) is 18.3. The molecule has 4 heteroatoms. The molecule has 1 saturated heterocycles. The molecule has 144 valence electrons. The molecule has 2 aliphatic heterocycles. The van der Waals surface area contributed by atoms with Gasteiger partial charge in [-0.15, -0.1) is 0 Å². The summed E-state index contributed by atoms with van der Waals surface area (Å²) in [6.07, 6.45) is 3.32. The third kappa shape index (κ3) is 3.20. The van der Waals surface area contributed by atoms with Crippen LogP contribution in [-0.4, -0.2) is 49.6 Å². The molecular weight excluding hydrogens is 334 g/mol. The minimum Gasteiger partial charge on any atom is -0.370 e. The predicted octanol–water partition coefficient (Wildman–Crippen LogP) is 4.52. The first-order valence-electron chi connectivity index (χ1n) is 10.5. The summed E-state index contributed by atoms with van der Waals surface area (Å²) in [4.78, 5) is 20.0.